The van der Waals surface area contributed by atoms with E-state index in [0.717, 1.165) is 19.3 Å². The van der Waals surface area contributed by atoms with Crippen LogP contribution < -0.4 is 10.6 Å². The Morgan fingerprint density at radius 1 is 1.08 bits per heavy atom. The summed E-state index contributed by atoms with van der Waals surface area (Å²) in [5.41, 5.74) is 0.217. The molecule has 2 atom stereocenters. The first-order valence-corrected chi connectivity index (χ1v) is 13.2. The lowest BCUT2D eigenvalue weighted by Gasteiger charge is -2.34. The van der Waals surface area contributed by atoms with Crippen LogP contribution >= 0.6 is 0 Å². The smallest absolute Gasteiger partial charge is 0.408 e. The van der Waals surface area contributed by atoms with Crippen molar-refractivity contribution in [2.75, 3.05) is 19.7 Å². The molecule has 2 N–H and O–H groups in total. The number of nitrogens with one attached hydrogen (secondary N) is 2. The molecule has 0 fully saturated rings. The van der Waals surface area contributed by atoms with Gasteiger partial charge in [-0.3, -0.25) is 14.4 Å². The monoisotopic (exact) mass is 529 g/mol. The Kier molecular flexibility index (Phi) is 14.0. The maximum Gasteiger partial charge on any atom is 0.408 e. The first-order valence-electron chi connectivity index (χ1n) is 13.2. The molecule has 0 saturated heterocycles. The van der Waals surface area contributed by atoms with Crippen molar-refractivity contribution >= 4 is 23.9 Å². The van der Waals surface area contributed by atoms with Gasteiger partial charge in [0.2, 0.25) is 11.8 Å². The molecule has 38 heavy (non-hydrogen) atoms. The van der Waals surface area contributed by atoms with Crippen LogP contribution in [0.4, 0.5) is 4.79 Å². The van der Waals surface area contributed by atoms with Gasteiger partial charge in [-0.25, -0.2) is 4.79 Å². The molecule has 0 aliphatic heterocycles. The number of hydrogen-bond acceptors (Lipinski definition) is 6. The zero-order chi connectivity index (χ0) is 28.7. The van der Waals surface area contributed by atoms with E-state index in [-0.39, 0.29) is 26.1 Å². The van der Waals surface area contributed by atoms with Crippen LogP contribution in [-0.4, -0.2) is 60.1 Å². The molecule has 2 unspecified atom stereocenters. The SMILES string of the molecule is C#Cc1ccccc1C(C(=O)NCCC(=O)OCC)N(CCCCCC)C(=O)C(C)NC(=O)OC(C)(C)C. The molecule has 1 aromatic carbocycles. The molecule has 0 bridgehead atoms. The van der Waals surface area contributed by atoms with Crippen LogP contribution in [0.1, 0.15) is 90.8 Å². The van der Waals surface area contributed by atoms with Gasteiger partial charge in [0.15, 0.2) is 0 Å². The van der Waals surface area contributed by atoms with Gasteiger partial charge in [-0.05, 0) is 52.7 Å². The lowest BCUT2D eigenvalue weighted by atomic mass is 9.97. The number of carbonyl (C=O) groups is 4. The quantitative estimate of drug-likeness (QED) is 0.213. The number of benzene rings is 1. The number of carbonyl (C=O) groups excluding carboxylic acids is 4. The van der Waals surface area contributed by atoms with Crippen LogP contribution in [-0.2, 0) is 23.9 Å². The van der Waals surface area contributed by atoms with Crippen LogP contribution in [0.5, 0.6) is 0 Å². The number of esters is 1. The molecule has 1 rings (SSSR count). The molecular weight excluding hydrogens is 486 g/mol. The van der Waals surface area contributed by atoms with Crippen molar-refractivity contribution in [3.05, 3.63) is 35.4 Å². The van der Waals surface area contributed by atoms with Crippen molar-refractivity contribution in [2.45, 2.75) is 91.3 Å². The summed E-state index contributed by atoms with van der Waals surface area (Å²) >= 11 is 0. The summed E-state index contributed by atoms with van der Waals surface area (Å²) in [6.07, 6.45) is 8.50. The number of terminal acetylenes is 1. The molecule has 0 aliphatic rings. The lowest BCUT2D eigenvalue weighted by Crippen LogP contribution is -2.52. The third kappa shape index (κ3) is 11.2. The fraction of sp³-hybridized carbons (Fsp3) is 0.586. The van der Waals surface area contributed by atoms with Crippen molar-refractivity contribution in [3.63, 3.8) is 0 Å². The van der Waals surface area contributed by atoms with Crippen LogP contribution in [0.3, 0.4) is 0 Å². The van der Waals surface area contributed by atoms with Crippen molar-refractivity contribution in [3.8, 4) is 12.3 Å². The van der Waals surface area contributed by atoms with Gasteiger partial charge in [0.05, 0.1) is 13.0 Å². The van der Waals surface area contributed by atoms with Crippen LogP contribution in [0, 0.1) is 12.3 Å². The highest BCUT2D eigenvalue weighted by Crippen LogP contribution is 2.26. The van der Waals surface area contributed by atoms with E-state index in [4.69, 9.17) is 15.9 Å². The molecule has 3 amide bonds. The maximum atomic E-state index is 13.7. The predicted molar refractivity (Wildman–Crippen MR) is 146 cm³/mol. The summed E-state index contributed by atoms with van der Waals surface area (Å²) in [6, 6.07) is 4.88. The number of nitrogens with zero attached hydrogens (tertiary/aromatic N) is 1. The van der Waals surface area contributed by atoms with E-state index in [9.17, 15) is 19.2 Å². The molecule has 0 heterocycles. The van der Waals surface area contributed by atoms with Crippen LogP contribution in [0.25, 0.3) is 0 Å². The van der Waals surface area contributed by atoms with Crippen molar-refractivity contribution in [1.82, 2.24) is 15.5 Å². The molecule has 0 saturated carbocycles. The molecule has 0 aromatic heterocycles. The highest BCUT2D eigenvalue weighted by atomic mass is 16.6. The van der Waals surface area contributed by atoms with E-state index in [1.54, 1.807) is 58.9 Å². The second-order valence-corrected chi connectivity index (χ2v) is 9.94. The maximum absolute atomic E-state index is 13.7. The molecule has 0 aliphatic carbocycles. The minimum Gasteiger partial charge on any atom is -0.466 e. The third-order valence-corrected chi connectivity index (χ3v) is 5.54. The van der Waals surface area contributed by atoms with Gasteiger partial charge in [0.1, 0.15) is 17.7 Å². The van der Waals surface area contributed by atoms with Gasteiger partial charge in [-0.2, -0.15) is 0 Å². The Bertz CT molecular complexity index is 979. The Morgan fingerprint density at radius 2 is 1.76 bits per heavy atom. The van der Waals surface area contributed by atoms with Crippen molar-refractivity contribution in [1.29, 1.82) is 0 Å². The van der Waals surface area contributed by atoms with Crippen LogP contribution in [0.2, 0.25) is 0 Å². The van der Waals surface area contributed by atoms with E-state index >= 15 is 0 Å². The average Bonchev–Trinajstić information content (AvgIpc) is 2.84. The standard InChI is InChI=1S/C29H43N3O6/c1-8-11-12-15-20-32(27(35)21(4)31-28(36)38-29(5,6)7)25(23-17-14-13-16-22(23)9-2)26(34)30-19-18-24(33)37-10-3/h2,13-14,16-17,21,25H,8,10-12,15,18-20H2,1,3-7H3,(H,30,34)(H,31,36). The summed E-state index contributed by atoms with van der Waals surface area (Å²) in [4.78, 5) is 52.9. The predicted octanol–water partition coefficient (Wildman–Crippen LogP) is 4.10. The van der Waals surface area contributed by atoms with Crippen molar-refractivity contribution in [2.24, 2.45) is 0 Å². The number of alkyl carbamates (subject to hydrolysis) is 1. The van der Waals surface area contributed by atoms with E-state index < -0.39 is 41.6 Å². The summed E-state index contributed by atoms with van der Waals surface area (Å²) in [6.45, 7) is 11.1. The Hall–Kier alpha value is -3.54. The lowest BCUT2D eigenvalue weighted by molar-refractivity contribution is -0.144. The van der Waals surface area contributed by atoms with Crippen molar-refractivity contribution < 1.29 is 28.7 Å². The molecule has 0 spiro atoms. The average molecular weight is 530 g/mol. The number of unbranched alkanes of at least 4 members (excludes halogenated alkanes) is 3. The minimum atomic E-state index is -1.07. The van der Waals surface area contributed by atoms with Gasteiger partial charge in [0.25, 0.3) is 0 Å². The summed E-state index contributed by atoms with van der Waals surface area (Å²) in [5.74, 6) is 1.23. The fourth-order valence-electron chi connectivity index (χ4n) is 3.81. The normalized spacial score (nSPS) is 12.4. The van der Waals surface area contributed by atoms with E-state index in [0.29, 0.717) is 17.5 Å². The Labute approximate surface area is 227 Å². The van der Waals surface area contributed by atoms with Gasteiger partial charge in [-0.15, -0.1) is 6.42 Å². The highest BCUT2D eigenvalue weighted by Gasteiger charge is 2.35. The third-order valence-electron chi connectivity index (χ3n) is 5.54. The number of ether oxygens (including phenoxy) is 2. The molecule has 1 aromatic rings. The number of amides is 3. The van der Waals surface area contributed by atoms with Gasteiger partial charge in [-0.1, -0.05) is 50.3 Å². The van der Waals surface area contributed by atoms with Gasteiger partial charge < -0.3 is 25.0 Å². The minimum absolute atomic E-state index is 0.00979. The van der Waals surface area contributed by atoms with Gasteiger partial charge in [0, 0.05) is 18.7 Å². The second kappa shape index (κ2) is 16.3. The molecule has 9 heteroatoms. The second-order valence-electron chi connectivity index (χ2n) is 9.94. The van der Waals surface area contributed by atoms with Crippen LogP contribution in [0.15, 0.2) is 24.3 Å². The molecule has 0 radical (unpaired) electrons. The first kappa shape index (κ1) is 32.5. The van der Waals surface area contributed by atoms with E-state index in [1.807, 2.05) is 0 Å². The number of hydrogen-bond donors (Lipinski definition) is 2. The summed E-state index contributed by atoms with van der Waals surface area (Å²) in [7, 11) is 0. The molecule has 210 valence electrons. The summed E-state index contributed by atoms with van der Waals surface area (Å²) in [5, 5.41) is 5.33. The summed E-state index contributed by atoms with van der Waals surface area (Å²) < 4.78 is 10.2. The largest absolute Gasteiger partial charge is 0.466 e. The van der Waals surface area contributed by atoms with E-state index in [2.05, 4.69) is 23.5 Å². The zero-order valence-corrected chi connectivity index (χ0v) is 23.6. The van der Waals surface area contributed by atoms with E-state index in [1.165, 1.54) is 4.90 Å². The molecular formula is C29H43N3O6. The van der Waals surface area contributed by atoms with Gasteiger partial charge >= 0.3 is 12.1 Å². The number of rotatable bonds is 14. The fourth-order valence-corrected chi connectivity index (χ4v) is 3.81. The highest BCUT2D eigenvalue weighted by molar-refractivity contribution is 5.92. The Balaban J connectivity index is 3.34. The zero-order valence-electron chi connectivity index (χ0n) is 23.6. The first-order chi connectivity index (χ1) is 17.9. The topological polar surface area (TPSA) is 114 Å². The molecule has 9 nitrogen and oxygen atoms in total. The Morgan fingerprint density at radius 3 is 2.37 bits per heavy atom.